The van der Waals surface area contributed by atoms with Gasteiger partial charge in [-0.25, -0.2) is 0 Å². The van der Waals surface area contributed by atoms with E-state index in [0.717, 1.165) is 34.4 Å². The Balaban J connectivity index is 2.45. The van der Waals surface area contributed by atoms with Crippen LogP contribution >= 0.6 is 23.4 Å². The van der Waals surface area contributed by atoms with Gasteiger partial charge in [-0.1, -0.05) is 18.5 Å². The molecular formula is C10H15ClN2S. The van der Waals surface area contributed by atoms with Gasteiger partial charge in [-0.2, -0.15) is 0 Å². The van der Waals surface area contributed by atoms with Gasteiger partial charge in [0.2, 0.25) is 0 Å². The summed E-state index contributed by atoms with van der Waals surface area (Å²) in [7, 11) is 0. The van der Waals surface area contributed by atoms with Crippen LogP contribution in [0, 0.1) is 0 Å². The maximum absolute atomic E-state index is 6.01. The molecule has 3 N–H and O–H groups in total. The molecule has 0 spiro atoms. The van der Waals surface area contributed by atoms with Crippen LogP contribution in [0.1, 0.15) is 6.92 Å². The van der Waals surface area contributed by atoms with E-state index < -0.39 is 0 Å². The van der Waals surface area contributed by atoms with Crippen LogP contribution in [0.5, 0.6) is 0 Å². The van der Waals surface area contributed by atoms with Crippen LogP contribution in [0.4, 0.5) is 5.69 Å². The van der Waals surface area contributed by atoms with Crippen molar-refractivity contribution in [2.24, 2.45) is 0 Å². The molecule has 1 aromatic carbocycles. The number of anilines is 1. The van der Waals surface area contributed by atoms with Crippen LogP contribution in [0.2, 0.25) is 5.02 Å². The molecule has 0 heterocycles. The predicted octanol–water partition coefficient (Wildman–Crippen LogP) is 2.62. The average Bonchev–Trinajstić information content (AvgIpc) is 2.18. The van der Waals surface area contributed by atoms with Gasteiger partial charge < -0.3 is 11.1 Å². The number of nitrogens with two attached hydrogens (primary N) is 1. The van der Waals surface area contributed by atoms with Gasteiger partial charge in [0.25, 0.3) is 0 Å². The third kappa shape index (κ3) is 3.78. The Labute approximate surface area is 94.2 Å². The van der Waals surface area contributed by atoms with Crippen molar-refractivity contribution in [3.8, 4) is 0 Å². The molecule has 0 atom stereocenters. The summed E-state index contributed by atoms with van der Waals surface area (Å²) in [6, 6.07) is 5.57. The van der Waals surface area contributed by atoms with Crippen LogP contribution in [-0.4, -0.2) is 18.8 Å². The molecule has 0 aliphatic rings. The van der Waals surface area contributed by atoms with E-state index in [4.69, 9.17) is 17.3 Å². The average molecular weight is 231 g/mol. The van der Waals surface area contributed by atoms with Gasteiger partial charge in [0.05, 0.1) is 5.02 Å². The lowest BCUT2D eigenvalue weighted by atomic mass is 10.3. The van der Waals surface area contributed by atoms with Gasteiger partial charge in [0.15, 0.2) is 0 Å². The van der Waals surface area contributed by atoms with Crippen molar-refractivity contribution < 1.29 is 0 Å². The number of rotatable bonds is 5. The second-order valence-electron chi connectivity index (χ2n) is 2.89. The maximum Gasteiger partial charge on any atom is 0.0543 e. The Bertz CT molecular complexity index is 291. The lowest BCUT2D eigenvalue weighted by Crippen LogP contribution is -2.15. The molecule has 0 unspecified atom stereocenters. The smallest absolute Gasteiger partial charge is 0.0543 e. The summed E-state index contributed by atoms with van der Waals surface area (Å²) in [6.45, 7) is 4.09. The van der Waals surface area contributed by atoms with Crippen molar-refractivity contribution >= 4 is 29.1 Å². The summed E-state index contributed by atoms with van der Waals surface area (Å²) in [5, 5.41) is 4.04. The summed E-state index contributed by atoms with van der Waals surface area (Å²) in [6.07, 6.45) is 0. The van der Waals surface area contributed by atoms with Gasteiger partial charge in [-0.15, -0.1) is 11.8 Å². The molecule has 14 heavy (non-hydrogen) atoms. The standard InChI is InChI=1S/C10H15ClN2S/c1-2-13-5-6-14-10-7-8(12)3-4-9(10)11/h3-4,7,13H,2,5-6,12H2,1H3. The lowest BCUT2D eigenvalue weighted by molar-refractivity contribution is 0.768. The van der Waals surface area contributed by atoms with Crippen LogP contribution in [0.15, 0.2) is 23.1 Å². The fourth-order valence-electron chi connectivity index (χ4n) is 1.04. The van der Waals surface area contributed by atoms with Gasteiger partial charge in [-0.05, 0) is 24.7 Å². The molecule has 0 aliphatic carbocycles. The minimum absolute atomic E-state index is 0.764. The maximum atomic E-state index is 6.01. The normalized spacial score (nSPS) is 10.4. The number of hydrogen-bond donors (Lipinski definition) is 2. The number of nitrogen functional groups attached to an aromatic ring is 1. The fraction of sp³-hybridized carbons (Fsp3) is 0.400. The minimum atomic E-state index is 0.764. The predicted molar refractivity (Wildman–Crippen MR) is 65.1 cm³/mol. The Kier molecular flexibility index (Phi) is 5.15. The molecule has 0 saturated heterocycles. The molecule has 1 rings (SSSR count). The zero-order valence-electron chi connectivity index (χ0n) is 8.22. The molecular weight excluding hydrogens is 216 g/mol. The van der Waals surface area contributed by atoms with Crippen molar-refractivity contribution in [1.29, 1.82) is 0 Å². The molecule has 2 nitrogen and oxygen atoms in total. The second-order valence-corrected chi connectivity index (χ2v) is 4.44. The summed E-state index contributed by atoms with van der Waals surface area (Å²) in [5.41, 5.74) is 6.43. The molecule has 0 aromatic heterocycles. The summed E-state index contributed by atoms with van der Waals surface area (Å²) in [5.74, 6) is 1.01. The molecule has 0 saturated carbocycles. The highest BCUT2D eigenvalue weighted by molar-refractivity contribution is 7.99. The van der Waals surface area contributed by atoms with Crippen LogP contribution in [0.3, 0.4) is 0 Å². The highest BCUT2D eigenvalue weighted by Gasteiger charge is 2.00. The summed E-state index contributed by atoms with van der Waals surface area (Å²) < 4.78 is 0. The molecule has 0 aliphatic heterocycles. The van der Waals surface area contributed by atoms with Crippen molar-refractivity contribution in [3.63, 3.8) is 0 Å². The Morgan fingerprint density at radius 3 is 3.00 bits per heavy atom. The zero-order chi connectivity index (χ0) is 10.4. The van der Waals surface area contributed by atoms with Crippen molar-refractivity contribution in [2.45, 2.75) is 11.8 Å². The number of halogens is 1. The van der Waals surface area contributed by atoms with E-state index in [0.29, 0.717) is 0 Å². The van der Waals surface area contributed by atoms with E-state index in [2.05, 4.69) is 12.2 Å². The Morgan fingerprint density at radius 2 is 2.29 bits per heavy atom. The first kappa shape index (κ1) is 11.7. The zero-order valence-corrected chi connectivity index (χ0v) is 9.79. The van der Waals surface area contributed by atoms with E-state index >= 15 is 0 Å². The van der Waals surface area contributed by atoms with Crippen LogP contribution < -0.4 is 11.1 Å². The van der Waals surface area contributed by atoms with E-state index in [1.165, 1.54) is 0 Å². The summed E-state index contributed by atoms with van der Waals surface area (Å²) >= 11 is 7.74. The first-order valence-electron chi connectivity index (χ1n) is 4.62. The highest BCUT2D eigenvalue weighted by Crippen LogP contribution is 2.28. The first-order chi connectivity index (χ1) is 6.74. The van der Waals surface area contributed by atoms with E-state index in [9.17, 15) is 0 Å². The quantitative estimate of drug-likeness (QED) is 0.464. The lowest BCUT2D eigenvalue weighted by Gasteiger charge is -2.05. The molecule has 1 aromatic rings. The van der Waals surface area contributed by atoms with Crippen LogP contribution in [0.25, 0.3) is 0 Å². The highest BCUT2D eigenvalue weighted by atomic mass is 35.5. The van der Waals surface area contributed by atoms with Gasteiger partial charge in [-0.3, -0.25) is 0 Å². The number of thioether (sulfide) groups is 1. The topological polar surface area (TPSA) is 38.0 Å². The second kappa shape index (κ2) is 6.17. The third-order valence-corrected chi connectivity index (χ3v) is 3.24. The monoisotopic (exact) mass is 230 g/mol. The SMILES string of the molecule is CCNCCSc1cc(N)ccc1Cl. The van der Waals surface area contributed by atoms with E-state index in [1.807, 2.05) is 18.2 Å². The van der Waals surface area contributed by atoms with E-state index in [1.54, 1.807) is 11.8 Å². The third-order valence-electron chi connectivity index (χ3n) is 1.74. The van der Waals surface area contributed by atoms with Crippen LogP contribution in [-0.2, 0) is 0 Å². The largest absolute Gasteiger partial charge is 0.399 e. The molecule has 0 bridgehead atoms. The molecule has 78 valence electrons. The molecule has 0 amide bonds. The van der Waals surface area contributed by atoms with Crippen molar-refractivity contribution in [2.75, 3.05) is 24.6 Å². The van der Waals surface area contributed by atoms with Crippen molar-refractivity contribution in [3.05, 3.63) is 23.2 Å². The minimum Gasteiger partial charge on any atom is -0.399 e. The summed E-state index contributed by atoms with van der Waals surface area (Å²) in [4.78, 5) is 1.06. The fourth-order valence-corrected chi connectivity index (χ4v) is 2.21. The number of nitrogens with one attached hydrogen (secondary N) is 1. The first-order valence-corrected chi connectivity index (χ1v) is 5.99. The van der Waals surface area contributed by atoms with E-state index in [-0.39, 0.29) is 0 Å². The van der Waals surface area contributed by atoms with Gasteiger partial charge >= 0.3 is 0 Å². The van der Waals surface area contributed by atoms with Gasteiger partial charge in [0.1, 0.15) is 0 Å². The molecule has 0 fully saturated rings. The number of hydrogen-bond acceptors (Lipinski definition) is 3. The number of benzene rings is 1. The molecule has 4 heteroatoms. The Morgan fingerprint density at radius 1 is 1.50 bits per heavy atom. The van der Waals surface area contributed by atoms with Gasteiger partial charge in [0, 0.05) is 22.9 Å². The molecule has 0 radical (unpaired) electrons. The van der Waals surface area contributed by atoms with Crippen molar-refractivity contribution in [1.82, 2.24) is 5.32 Å². The Hall–Kier alpha value is -0.380.